The molecule has 0 aromatic heterocycles. The zero-order valence-electron chi connectivity index (χ0n) is 13.5. The minimum absolute atomic E-state index is 0.344. The first-order valence-electron chi connectivity index (χ1n) is 7.78. The number of hydrogen-bond donors (Lipinski definition) is 0. The van der Waals surface area contributed by atoms with Gasteiger partial charge in [0.15, 0.2) is 0 Å². The Morgan fingerprint density at radius 3 is 1.48 bits per heavy atom. The molecule has 0 aliphatic rings. The molecule has 2 unspecified atom stereocenters. The minimum atomic E-state index is 0.344. The smallest absolute Gasteiger partial charge is 0.00756 e. The third-order valence-corrected chi connectivity index (χ3v) is 7.21. The van der Waals surface area contributed by atoms with Crippen molar-refractivity contribution in [2.24, 2.45) is 0 Å². The van der Waals surface area contributed by atoms with Crippen LogP contribution in [0.25, 0.3) is 0 Å². The Balaban J connectivity index is 2.18. The monoisotopic (exact) mass is 316 g/mol. The molecule has 0 aliphatic carbocycles. The van der Waals surface area contributed by atoms with Crippen molar-refractivity contribution in [2.45, 2.75) is 45.4 Å². The van der Waals surface area contributed by atoms with E-state index in [9.17, 15) is 0 Å². The minimum Gasteiger partial charge on any atom is -0.0798 e. The zero-order chi connectivity index (χ0) is 15.3. The highest BCUT2D eigenvalue weighted by Gasteiger charge is 2.21. The van der Waals surface area contributed by atoms with Gasteiger partial charge in [-0.05, 0) is 34.6 Å². The molecule has 2 aromatic rings. The molecule has 2 rings (SSSR count). The fourth-order valence-electron chi connectivity index (χ4n) is 2.61. The number of benzene rings is 2. The Labute approximate surface area is 133 Å². The molecule has 0 spiro atoms. The second kappa shape index (κ2) is 7.53. The molecular formula is C19H26P2. The first-order valence-corrected chi connectivity index (χ1v) is 9.78. The van der Waals surface area contributed by atoms with Crippen LogP contribution in [0.5, 0.6) is 0 Å². The van der Waals surface area contributed by atoms with Crippen LogP contribution in [-0.2, 0) is 12.8 Å². The van der Waals surface area contributed by atoms with Crippen molar-refractivity contribution in [1.29, 1.82) is 0 Å². The summed E-state index contributed by atoms with van der Waals surface area (Å²) < 4.78 is 0. The molecule has 0 radical (unpaired) electrons. The highest BCUT2D eigenvalue weighted by molar-refractivity contribution is 7.67. The maximum Gasteiger partial charge on any atom is 0.00756 e. The van der Waals surface area contributed by atoms with Gasteiger partial charge < -0.3 is 0 Å². The molecule has 0 bridgehead atoms. The van der Waals surface area contributed by atoms with Crippen LogP contribution in [0.1, 0.15) is 38.8 Å². The van der Waals surface area contributed by atoms with E-state index in [0.717, 1.165) is 30.0 Å². The SMILES string of the molecule is CCc1ccccc1PC(C)(C)Pc1ccccc1CC. The van der Waals surface area contributed by atoms with Crippen molar-refractivity contribution in [1.82, 2.24) is 0 Å². The molecule has 0 N–H and O–H groups in total. The van der Waals surface area contributed by atoms with Gasteiger partial charge in [0.1, 0.15) is 0 Å². The third kappa shape index (κ3) is 4.64. The number of aryl methyl sites for hydroxylation is 2. The molecule has 0 heterocycles. The average molecular weight is 316 g/mol. The van der Waals surface area contributed by atoms with Crippen LogP contribution in [-0.4, -0.2) is 4.90 Å². The lowest BCUT2D eigenvalue weighted by atomic mass is 10.2. The molecule has 2 atom stereocenters. The van der Waals surface area contributed by atoms with Crippen LogP contribution in [0.4, 0.5) is 0 Å². The second-order valence-corrected chi connectivity index (χ2v) is 10.5. The highest BCUT2D eigenvalue weighted by Crippen LogP contribution is 2.45. The Morgan fingerprint density at radius 1 is 0.714 bits per heavy atom. The Hall–Kier alpha value is -0.700. The molecule has 0 amide bonds. The Kier molecular flexibility index (Phi) is 5.98. The summed E-state index contributed by atoms with van der Waals surface area (Å²) in [5.74, 6) is 0. The normalized spacial score (nSPS) is 12.8. The zero-order valence-corrected chi connectivity index (χ0v) is 15.5. The quantitative estimate of drug-likeness (QED) is 0.668. The lowest BCUT2D eigenvalue weighted by molar-refractivity contribution is 1.02. The van der Waals surface area contributed by atoms with Crippen molar-refractivity contribution >= 4 is 27.8 Å². The molecule has 2 heteroatoms. The van der Waals surface area contributed by atoms with Gasteiger partial charge in [0.25, 0.3) is 0 Å². The standard InChI is InChI=1S/C19H26P2/c1-5-15-11-7-9-13-17(15)20-19(3,4)21-18-14-10-8-12-16(18)6-2/h7-14,20-21H,5-6H2,1-4H3. The van der Waals surface area contributed by atoms with Crippen molar-refractivity contribution < 1.29 is 0 Å². The van der Waals surface area contributed by atoms with Crippen LogP contribution >= 0.6 is 17.2 Å². The van der Waals surface area contributed by atoms with Crippen molar-refractivity contribution in [3.05, 3.63) is 59.7 Å². The molecule has 0 fully saturated rings. The van der Waals surface area contributed by atoms with E-state index in [1.165, 1.54) is 11.1 Å². The fourth-order valence-corrected chi connectivity index (χ4v) is 6.21. The van der Waals surface area contributed by atoms with Crippen molar-refractivity contribution in [3.63, 3.8) is 0 Å². The van der Waals surface area contributed by atoms with E-state index < -0.39 is 0 Å². The molecule has 2 aromatic carbocycles. The predicted octanol–water partition coefficient (Wildman–Crippen LogP) is 4.86. The van der Waals surface area contributed by atoms with Crippen molar-refractivity contribution in [3.8, 4) is 0 Å². The van der Waals surface area contributed by atoms with Crippen molar-refractivity contribution in [2.75, 3.05) is 0 Å². The molecule has 0 saturated heterocycles. The maximum absolute atomic E-state index is 2.42. The first-order chi connectivity index (χ1) is 10.1. The molecule has 0 nitrogen and oxygen atoms in total. The van der Waals surface area contributed by atoms with Crippen LogP contribution in [0, 0.1) is 0 Å². The maximum atomic E-state index is 2.42. The molecular weight excluding hydrogens is 290 g/mol. The van der Waals surface area contributed by atoms with Gasteiger partial charge >= 0.3 is 0 Å². The Bertz CT molecular complexity index is 536. The molecule has 0 saturated carbocycles. The van der Waals surface area contributed by atoms with E-state index >= 15 is 0 Å². The summed E-state index contributed by atoms with van der Waals surface area (Å²) in [6, 6.07) is 17.9. The summed E-state index contributed by atoms with van der Waals surface area (Å²) in [4.78, 5) is 0.344. The van der Waals surface area contributed by atoms with E-state index in [1.54, 1.807) is 10.6 Å². The summed E-state index contributed by atoms with van der Waals surface area (Å²) in [7, 11) is 1.74. The van der Waals surface area contributed by atoms with E-state index in [0.29, 0.717) is 4.90 Å². The van der Waals surface area contributed by atoms with E-state index in [2.05, 4.69) is 76.2 Å². The number of rotatable bonds is 6. The van der Waals surface area contributed by atoms with E-state index in [-0.39, 0.29) is 0 Å². The van der Waals surface area contributed by atoms with Gasteiger partial charge in [-0.15, -0.1) is 0 Å². The van der Waals surface area contributed by atoms with Gasteiger partial charge in [0.05, 0.1) is 0 Å². The first kappa shape index (κ1) is 16.7. The fraction of sp³-hybridized carbons (Fsp3) is 0.368. The van der Waals surface area contributed by atoms with Gasteiger partial charge in [-0.25, -0.2) is 0 Å². The van der Waals surface area contributed by atoms with E-state index in [1.807, 2.05) is 0 Å². The van der Waals surface area contributed by atoms with Crippen LogP contribution in [0.3, 0.4) is 0 Å². The van der Waals surface area contributed by atoms with Crippen LogP contribution in [0.2, 0.25) is 0 Å². The summed E-state index contributed by atoms with van der Waals surface area (Å²) in [6.07, 6.45) is 2.27. The highest BCUT2D eigenvalue weighted by atomic mass is 31.1. The largest absolute Gasteiger partial charge is 0.0798 e. The second-order valence-electron chi connectivity index (χ2n) is 5.90. The van der Waals surface area contributed by atoms with Gasteiger partial charge in [0, 0.05) is 4.90 Å². The topological polar surface area (TPSA) is 0 Å². The van der Waals surface area contributed by atoms with Crippen LogP contribution < -0.4 is 10.6 Å². The average Bonchev–Trinajstić information content (AvgIpc) is 2.47. The Morgan fingerprint density at radius 2 is 1.10 bits per heavy atom. The molecule has 21 heavy (non-hydrogen) atoms. The summed E-state index contributed by atoms with van der Waals surface area (Å²) in [6.45, 7) is 9.35. The van der Waals surface area contributed by atoms with Gasteiger partial charge in [-0.2, -0.15) is 0 Å². The summed E-state index contributed by atoms with van der Waals surface area (Å²) >= 11 is 0. The molecule has 0 aliphatic heterocycles. The lowest BCUT2D eigenvalue weighted by Crippen LogP contribution is -2.18. The van der Waals surface area contributed by atoms with Gasteiger partial charge in [0.2, 0.25) is 0 Å². The summed E-state index contributed by atoms with van der Waals surface area (Å²) in [5, 5.41) is 3.10. The third-order valence-electron chi connectivity index (χ3n) is 3.69. The predicted molar refractivity (Wildman–Crippen MR) is 102 cm³/mol. The van der Waals surface area contributed by atoms with Gasteiger partial charge in [-0.1, -0.05) is 93.4 Å². The molecule has 112 valence electrons. The van der Waals surface area contributed by atoms with Gasteiger partial charge in [-0.3, -0.25) is 0 Å². The van der Waals surface area contributed by atoms with Crippen LogP contribution in [0.15, 0.2) is 48.5 Å². The number of hydrogen-bond acceptors (Lipinski definition) is 0. The lowest BCUT2D eigenvalue weighted by Gasteiger charge is -2.27. The van der Waals surface area contributed by atoms with E-state index in [4.69, 9.17) is 0 Å². The summed E-state index contributed by atoms with van der Waals surface area (Å²) in [5.41, 5.74) is 3.02.